The van der Waals surface area contributed by atoms with E-state index < -0.39 is 0 Å². The number of carbonyl (C=O) groups excluding carboxylic acids is 1. The number of likely N-dealkylation sites (N-methyl/N-ethyl adjacent to an activating group) is 1. The molecule has 0 atom stereocenters. The first-order chi connectivity index (χ1) is 13.5. The zero-order chi connectivity index (χ0) is 20.1. The first kappa shape index (κ1) is 19.6. The molecule has 7 nitrogen and oxygen atoms in total. The van der Waals surface area contributed by atoms with E-state index >= 15 is 0 Å². The largest absolute Gasteiger partial charge is 0.496 e. The van der Waals surface area contributed by atoms with Gasteiger partial charge < -0.3 is 10.1 Å². The second-order valence-corrected chi connectivity index (χ2v) is 6.71. The number of nitrogens with one attached hydrogen (secondary N) is 1. The summed E-state index contributed by atoms with van der Waals surface area (Å²) < 4.78 is 7.18. The maximum atomic E-state index is 12.7. The number of hydrogen-bond donors (Lipinski definition) is 1. The molecule has 0 saturated carbocycles. The lowest BCUT2D eigenvalue weighted by molar-refractivity contribution is -0.117. The molecular weight excluding hydrogens is 354 g/mol. The molecule has 0 aliphatic rings. The number of aryl methyl sites for hydroxylation is 2. The molecule has 0 saturated heterocycles. The van der Waals surface area contributed by atoms with Gasteiger partial charge in [0.15, 0.2) is 0 Å². The number of aromatic nitrogens is 3. The highest BCUT2D eigenvalue weighted by atomic mass is 16.5. The summed E-state index contributed by atoms with van der Waals surface area (Å²) in [4.78, 5) is 18.6. The van der Waals surface area contributed by atoms with Crippen LogP contribution < -0.4 is 10.1 Å². The zero-order valence-electron chi connectivity index (χ0n) is 16.6. The maximum absolute atomic E-state index is 12.7. The van der Waals surface area contributed by atoms with Crippen LogP contribution in [0.25, 0.3) is 11.1 Å². The Labute approximate surface area is 165 Å². The second-order valence-electron chi connectivity index (χ2n) is 6.71. The van der Waals surface area contributed by atoms with Gasteiger partial charge in [0.2, 0.25) is 5.91 Å². The lowest BCUT2D eigenvalue weighted by Gasteiger charge is -2.17. The third-order valence-electron chi connectivity index (χ3n) is 4.47. The third-order valence-corrected chi connectivity index (χ3v) is 4.47. The smallest absolute Gasteiger partial charge is 0.239 e. The Hall–Kier alpha value is -3.19. The van der Waals surface area contributed by atoms with E-state index in [9.17, 15) is 4.79 Å². The summed E-state index contributed by atoms with van der Waals surface area (Å²) in [6.07, 6.45) is 3.50. The molecule has 0 radical (unpaired) electrons. The van der Waals surface area contributed by atoms with Crippen molar-refractivity contribution >= 4 is 11.7 Å². The molecule has 3 rings (SSSR count). The van der Waals surface area contributed by atoms with Crippen molar-refractivity contribution in [3.05, 3.63) is 60.0 Å². The van der Waals surface area contributed by atoms with Crippen LogP contribution in [0, 0.1) is 6.92 Å². The van der Waals surface area contributed by atoms with Crippen LogP contribution >= 0.6 is 0 Å². The number of pyridine rings is 1. The van der Waals surface area contributed by atoms with Crippen molar-refractivity contribution in [1.82, 2.24) is 19.7 Å². The van der Waals surface area contributed by atoms with Crippen LogP contribution in [0.5, 0.6) is 5.75 Å². The minimum atomic E-state index is -0.101. The molecule has 1 N–H and O–H groups in total. The van der Waals surface area contributed by atoms with Gasteiger partial charge in [-0.25, -0.2) is 0 Å². The fourth-order valence-electron chi connectivity index (χ4n) is 3.25. The van der Waals surface area contributed by atoms with E-state index in [0.29, 0.717) is 12.4 Å². The molecule has 7 heteroatoms. The standard InChI is InChI=1S/C21H25N5O2/c1-15-20(17-7-5-6-8-18(17)28-4)21(26(3)24-15)23-19(27)14-25(2)13-16-9-11-22-12-10-16/h5-12H,13-14H2,1-4H3,(H,23,27). The molecule has 2 heterocycles. The molecule has 3 aromatic rings. The zero-order valence-corrected chi connectivity index (χ0v) is 16.6. The molecule has 0 bridgehead atoms. The summed E-state index contributed by atoms with van der Waals surface area (Å²) in [5.74, 6) is 1.30. The molecule has 146 valence electrons. The number of benzene rings is 1. The Kier molecular flexibility index (Phi) is 6.06. The topological polar surface area (TPSA) is 72.3 Å². The first-order valence-electron chi connectivity index (χ1n) is 9.04. The number of carbonyl (C=O) groups is 1. The van der Waals surface area contributed by atoms with Crippen molar-refractivity contribution in [1.29, 1.82) is 0 Å². The molecule has 1 aromatic carbocycles. The van der Waals surface area contributed by atoms with Crippen molar-refractivity contribution in [2.75, 3.05) is 26.0 Å². The van der Waals surface area contributed by atoms with Gasteiger partial charge in [-0.05, 0) is 37.7 Å². The van der Waals surface area contributed by atoms with Crippen molar-refractivity contribution in [3.63, 3.8) is 0 Å². The van der Waals surface area contributed by atoms with Crippen LogP contribution in [0.1, 0.15) is 11.3 Å². The third kappa shape index (κ3) is 4.37. The molecule has 0 unspecified atom stereocenters. The number of methoxy groups -OCH3 is 1. The number of rotatable bonds is 7. The number of amides is 1. The van der Waals surface area contributed by atoms with Crippen LogP contribution in [0.2, 0.25) is 0 Å². The number of anilines is 1. The van der Waals surface area contributed by atoms with Gasteiger partial charge in [0, 0.05) is 31.5 Å². The minimum Gasteiger partial charge on any atom is -0.496 e. The average Bonchev–Trinajstić information content (AvgIpc) is 2.95. The highest BCUT2D eigenvalue weighted by Crippen LogP contribution is 2.37. The van der Waals surface area contributed by atoms with Gasteiger partial charge in [-0.15, -0.1) is 0 Å². The predicted molar refractivity (Wildman–Crippen MR) is 109 cm³/mol. The summed E-state index contributed by atoms with van der Waals surface area (Å²) in [5.41, 5.74) is 3.70. The predicted octanol–water partition coefficient (Wildman–Crippen LogP) is 2.87. The molecule has 0 spiro atoms. The quantitative estimate of drug-likeness (QED) is 0.683. The molecule has 0 fully saturated rings. The van der Waals surface area contributed by atoms with Crippen molar-refractivity contribution in [3.8, 4) is 16.9 Å². The molecule has 0 aliphatic heterocycles. The van der Waals surface area contributed by atoms with Crippen molar-refractivity contribution < 1.29 is 9.53 Å². The Bertz CT molecular complexity index is 953. The number of nitrogens with zero attached hydrogens (tertiary/aromatic N) is 4. The van der Waals surface area contributed by atoms with E-state index in [0.717, 1.165) is 28.1 Å². The summed E-state index contributed by atoms with van der Waals surface area (Å²) in [5, 5.41) is 7.51. The van der Waals surface area contributed by atoms with Gasteiger partial charge >= 0.3 is 0 Å². The highest BCUT2D eigenvalue weighted by molar-refractivity contribution is 5.96. The Morgan fingerprint density at radius 3 is 2.64 bits per heavy atom. The van der Waals surface area contributed by atoms with Gasteiger partial charge in [0.1, 0.15) is 11.6 Å². The van der Waals surface area contributed by atoms with E-state index in [1.54, 1.807) is 24.2 Å². The van der Waals surface area contributed by atoms with Crippen LogP contribution in [0.4, 0.5) is 5.82 Å². The SMILES string of the molecule is COc1ccccc1-c1c(C)nn(C)c1NC(=O)CN(C)Cc1ccncc1. The molecule has 28 heavy (non-hydrogen) atoms. The van der Waals surface area contributed by atoms with E-state index in [1.165, 1.54) is 0 Å². The van der Waals surface area contributed by atoms with Crippen molar-refractivity contribution in [2.24, 2.45) is 7.05 Å². The highest BCUT2D eigenvalue weighted by Gasteiger charge is 2.20. The van der Waals surface area contributed by atoms with Gasteiger partial charge in [0.25, 0.3) is 0 Å². The van der Waals surface area contributed by atoms with Crippen LogP contribution in [0.15, 0.2) is 48.8 Å². The van der Waals surface area contributed by atoms with Gasteiger partial charge in [0.05, 0.1) is 24.9 Å². The minimum absolute atomic E-state index is 0.101. The Balaban J connectivity index is 1.78. The normalized spacial score (nSPS) is 10.9. The van der Waals surface area contributed by atoms with Crippen LogP contribution in [-0.2, 0) is 18.4 Å². The summed E-state index contributed by atoms with van der Waals surface area (Å²) in [6.45, 7) is 2.85. The van der Waals surface area contributed by atoms with Gasteiger partial charge in [-0.2, -0.15) is 5.10 Å². The van der Waals surface area contributed by atoms with E-state index in [-0.39, 0.29) is 12.5 Å². The Morgan fingerprint density at radius 1 is 1.21 bits per heavy atom. The number of para-hydroxylation sites is 1. The maximum Gasteiger partial charge on any atom is 0.239 e. The monoisotopic (exact) mass is 379 g/mol. The number of ether oxygens (including phenoxy) is 1. The first-order valence-corrected chi connectivity index (χ1v) is 9.04. The molecule has 2 aromatic heterocycles. The molecule has 0 aliphatic carbocycles. The van der Waals surface area contributed by atoms with E-state index in [2.05, 4.69) is 15.4 Å². The Morgan fingerprint density at radius 2 is 1.93 bits per heavy atom. The van der Waals surface area contributed by atoms with Crippen LogP contribution in [-0.4, -0.2) is 46.3 Å². The van der Waals surface area contributed by atoms with E-state index in [4.69, 9.17) is 4.74 Å². The average molecular weight is 379 g/mol. The van der Waals surface area contributed by atoms with Crippen molar-refractivity contribution in [2.45, 2.75) is 13.5 Å². The lowest BCUT2D eigenvalue weighted by atomic mass is 10.0. The molecule has 1 amide bonds. The summed E-state index contributed by atoms with van der Waals surface area (Å²) >= 11 is 0. The summed E-state index contributed by atoms with van der Waals surface area (Å²) in [6, 6.07) is 11.6. The second kappa shape index (κ2) is 8.67. The fourth-order valence-corrected chi connectivity index (χ4v) is 3.25. The lowest BCUT2D eigenvalue weighted by Crippen LogP contribution is -2.30. The summed E-state index contributed by atoms with van der Waals surface area (Å²) in [7, 11) is 5.37. The van der Waals surface area contributed by atoms with Gasteiger partial charge in [-0.1, -0.05) is 18.2 Å². The van der Waals surface area contributed by atoms with E-state index in [1.807, 2.05) is 62.3 Å². The fraction of sp³-hybridized carbons (Fsp3) is 0.286. The molecular formula is C21H25N5O2. The number of hydrogen-bond acceptors (Lipinski definition) is 5. The van der Waals surface area contributed by atoms with Crippen LogP contribution in [0.3, 0.4) is 0 Å². The van der Waals surface area contributed by atoms with Gasteiger partial charge in [-0.3, -0.25) is 19.4 Å².